The van der Waals surface area contributed by atoms with Gasteiger partial charge in [-0.1, -0.05) is 30.3 Å². The highest BCUT2D eigenvalue weighted by atomic mass is 16.5. The first-order valence-electron chi connectivity index (χ1n) is 8.86. The summed E-state index contributed by atoms with van der Waals surface area (Å²) in [5.41, 5.74) is 0.288. The maximum atomic E-state index is 13.1. The number of hydrogen-bond acceptors (Lipinski definition) is 4. The van der Waals surface area contributed by atoms with Crippen LogP contribution in [-0.4, -0.2) is 72.1 Å². The summed E-state index contributed by atoms with van der Waals surface area (Å²) in [5, 5.41) is 0. The lowest BCUT2D eigenvalue weighted by atomic mass is 9.85. The zero-order chi connectivity index (χ0) is 18.0. The van der Waals surface area contributed by atoms with Crippen LogP contribution in [0.4, 0.5) is 4.79 Å². The largest absolute Gasteiger partial charge is 0.383 e. The quantitative estimate of drug-likeness (QED) is 0.766. The van der Waals surface area contributed by atoms with E-state index in [-0.39, 0.29) is 11.9 Å². The number of methoxy groups -OCH3 is 1. The first kappa shape index (κ1) is 17.9. The Balaban J connectivity index is 1.73. The fraction of sp³-hybridized carbons (Fsp3) is 0.579. The van der Waals surface area contributed by atoms with Gasteiger partial charge in [-0.3, -0.25) is 14.6 Å². The molecule has 25 heavy (non-hydrogen) atoms. The van der Waals surface area contributed by atoms with Crippen molar-refractivity contribution in [1.82, 2.24) is 14.7 Å². The molecule has 6 nitrogen and oxygen atoms in total. The van der Waals surface area contributed by atoms with Gasteiger partial charge in [0.25, 0.3) is 5.91 Å². The molecule has 1 atom stereocenters. The van der Waals surface area contributed by atoms with Crippen LogP contribution >= 0.6 is 0 Å². The maximum Gasteiger partial charge on any atom is 0.327 e. The van der Waals surface area contributed by atoms with Gasteiger partial charge in [0, 0.05) is 33.3 Å². The second-order valence-electron chi connectivity index (χ2n) is 7.09. The molecule has 2 saturated heterocycles. The van der Waals surface area contributed by atoms with E-state index < -0.39 is 5.54 Å². The maximum absolute atomic E-state index is 13.1. The highest BCUT2D eigenvalue weighted by molar-refractivity contribution is 6.06. The van der Waals surface area contributed by atoms with E-state index in [4.69, 9.17) is 4.74 Å². The first-order valence-corrected chi connectivity index (χ1v) is 8.86. The summed E-state index contributed by atoms with van der Waals surface area (Å²) in [5.74, 6) is -0.0529. The zero-order valence-corrected chi connectivity index (χ0v) is 15.3. The minimum atomic E-state index is -0.685. The molecular weight excluding hydrogens is 318 g/mol. The van der Waals surface area contributed by atoms with E-state index in [0.717, 1.165) is 18.7 Å². The Hall–Kier alpha value is -1.92. The monoisotopic (exact) mass is 345 g/mol. The van der Waals surface area contributed by atoms with Gasteiger partial charge < -0.3 is 9.64 Å². The third-order valence-corrected chi connectivity index (χ3v) is 5.64. The van der Waals surface area contributed by atoms with E-state index in [9.17, 15) is 9.59 Å². The van der Waals surface area contributed by atoms with Crippen LogP contribution in [0.25, 0.3) is 0 Å². The minimum absolute atomic E-state index is 0.0529. The smallest absolute Gasteiger partial charge is 0.327 e. The lowest BCUT2D eigenvalue weighted by Crippen LogP contribution is -2.57. The lowest BCUT2D eigenvalue weighted by molar-refractivity contribution is -0.136. The molecule has 1 aromatic rings. The van der Waals surface area contributed by atoms with E-state index in [1.54, 1.807) is 19.1 Å². The molecule has 0 radical (unpaired) electrons. The second kappa shape index (κ2) is 7.14. The standard InChI is InChI=1S/C19H27N3O3/c1-15(14-25-3)21-11-9-19(10-12-21)17(23)22(18(24)20(19)2)13-16-7-5-4-6-8-16/h4-8,15H,9-14H2,1-3H3. The van der Waals surface area contributed by atoms with Crippen molar-refractivity contribution < 1.29 is 14.3 Å². The van der Waals surface area contributed by atoms with Gasteiger partial charge in [-0.2, -0.15) is 0 Å². The van der Waals surface area contributed by atoms with E-state index >= 15 is 0 Å². The molecular formula is C19H27N3O3. The molecule has 0 N–H and O–H groups in total. The van der Waals surface area contributed by atoms with Gasteiger partial charge in [-0.15, -0.1) is 0 Å². The van der Waals surface area contributed by atoms with Crippen molar-refractivity contribution in [3.8, 4) is 0 Å². The first-order chi connectivity index (χ1) is 12.0. The Morgan fingerprint density at radius 1 is 1.16 bits per heavy atom. The van der Waals surface area contributed by atoms with E-state index in [0.29, 0.717) is 32.0 Å². The lowest BCUT2D eigenvalue weighted by Gasteiger charge is -2.42. The molecule has 0 aromatic heterocycles. The number of hydrogen-bond donors (Lipinski definition) is 0. The zero-order valence-electron chi connectivity index (χ0n) is 15.3. The number of carbonyl (C=O) groups excluding carboxylic acids is 2. The molecule has 3 amide bonds. The SMILES string of the molecule is COCC(C)N1CCC2(CC1)C(=O)N(Cc1ccccc1)C(=O)N2C. The summed E-state index contributed by atoms with van der Waals surface area (Å²) in [4.78, 5) is 31.2. The molecule has 2 aliphatic heterocycles. The summed E-state index contributed by atoms with van der Waals surface area (Å²) in [6.45, 7) is 4.75. The molecule has 0 saturated carbocycles. The van der Waals surface area contributed by atoms with E-state index in [1.807, 2.05) is 30.3 Å². The van der Waals surface area contributed by atoms with Crippen LogP contribution in [0.15, 0.2) is 30.3 Å². The molecule has 1 aromatic carbocycles. The Bertz CT molecular complexity index is 626. The molecule has 136 valence electrons. The summed E-state index contributed by atoms with van der Waals surface area (Å²) >= 11 is 0. The summed E-state index contributed by atoms with van der Waals surface area (Å²) in [6, 6.07) is 9.81. The number of ether oxygens (including phenoxy) is 1. The van der Waals surface area contributed by atoms with Gasteiger partial charge in [0.2, 0.25) is 0 Å². The van der Waals surface area contributed by atoms with Crippen LogP contribution in [-0.2, 0) is 16.1 Å². The van der Waals surface area contributed by atoms with Gasteiger partial charge in [-0.25, -0.2) is 4.79 Å². The van der Waals surface area contributed by atoms with Crippen molar-refractivity contribution in [3.63, 3.8) is 0 Å². The van der Waals surface area contributed by atoms with Crippen molar-refractivity contribution in [2.75, 3.05) is 33.9 Å². The number of imide groups is 1. The van der Waals surface area contributed by atoms with Crippen LogP contribution in [0.3, 0.4) is 0 Å². The van der Waals surface area contributed by atoms with Crippen molar-refractivity contribution >= 4 is 11.9 Å². The third kappa shape index (κ3) is 3.16. The van der Waals surface area contributed by atoms with Crippen LogP contribution in [0, 0.1) is 0 Å². The number of rotatable bonds is 5. The molecule has 0 bridgehead atoms. The molecule has 0 aliphatic carbocycles. The fourth-order valence-corrected chi connectivity index (χ4v) is 3.98. The van der Waals surface area contributed by atoms with Gasteiger partial charge >= 0.3 is 6.03 Å². The van der Waals surface area contributed by atoms with Crippen molar-refractivity contribution in [2.24, 2.45) is 0 Å². The average Bonchev–Trinajstić information content (AvgIpc) is 2.80. The van der Waals surface area contributed by atoms with Crippen LogP contribution < -0.4 is 0 Å². The normalized spacial score (nSPS) is 22.0. The Morgan fingerprint density at radius 2 is 1.80 bits per heavy atom. The molecule has 1 unspecified atom stereocenters. The number of nitrogens with zero attached hydrogens (tertiary/aromatic N) is 3. The number of amides is 3. The number of carbonyl (C=O) groups is 2. The fourth-order valence-electron chi connectivity index (χ4n) is 3.98. The highest BCUT2D eigenvalue weighted by Crippen LogP contribution is 2.37. The van der Waals surface area contributed by atoms with Crippen LogP contribution in [0.2, 0.25) is 0 Å². The predicted molar refractivity (Wildman–Crippen MR) is 95.0 cm³/mol. The topological polar surface area (TPSA) is 53.1 Å². The molecule has 2 aliphatic rings. The Kier molecular flexibility index (Phi) is 5.11. The van der Waals surface area contributed by atoms with E-state index in [2.05, 4.69) is 11.8 Å². The summed E-state index contributed by atoms with van der Waals surface area (Å²) < 4.78 is 5.24. The molecule has 2 fully saturated rings. The number of benzene rings is 1. The summed E-state index contributed by atoms with van der Waals surface area (Å²) in [7, 11) is 3.47. The van der Waals surface area contributed by atoms with Gasteiger partial charge in [-0.05, 0) is 25.3 Å². The molecule has 6 heteroatoms. The van der Waals surface area contributed by atoms with Gasteiger partial charge in [0.15, 0.2) is 0 Å². The van der Waals surface area contributed by atoms with Crippen LogP contribution in [0.1, 0.15) is 25.3 Å². The predicted octanol–water partition coefficient (Wildman–Crippen LogP) is 1.95. The van der Waals surface area contributed by atoms with Gasteiger partial charge in [0.05, 0.1) is 13.2 Å². The Labute approximate surface area is 149 Å². The number of urea groups is 1. The number of likely N-dealkylation sites (N-methyl/N-ethyl adjacent to an activating group) is 1. The van der Waals surface area contributed by atoms with E-state index in [1.165, 1.54) is 4.90 Å². The minimum Gasteiger partial charge on any atom is -0.383 e. The number of likely N-dealkylation sites (tertiary alicyclic amines) is 1. The Morgan fingerprint density at radius 3 is 2.40 bits per heavy atom. The molecule has 3 rings (SSSR count). The molecule has 1 spiro atoms. The van der Waals surface area contributed by atoms with Gasteiger partial charge in [0.1, 0.15) is 5.54 Å². The molecule has 2 heterocycles. The van der Waals surface area contributed by atoms with Crippen molar-refractivity contribution in [1.29, 1.82) is 0 Å². The summed E-state index contributed by atoms with van der Waals surface area (Å²) in [6.07, 6.45) is 1.35. The van der Waals surface area contributed by atoms with Crippen molar-refractivity contribution in [2.45, 2.75) is 37.9 Å². The third-order valence-electron chi connectivity index (χ3n) is 5.64. The van der Waals surface area contributed by atoms with Crippen molar-refractivity contribution in [3.05, 3.63) is 35.9 Å². The highest BCUT2D eigenvalue weighted by Gasteiger charge is 2.56. The second-order valence-corrected chi connectivity index (χ2v) is 7.09. The van der Waals surface area contributed by atoms with Crippen LogP contribution in [0.5, 0.6) is 0 Å². The average molecular weight is 345 g/mol. The number of piperidine rings is 1.